The van der Waals surface area contributed by atoms with Crippen LogP contribution in [0.4, 0.5) is 0 Å². The average molecular weight is 364 g/mol. The number of aromatic nitrogens is 2. The Morgan fingerprint density at radius 3 is 2.80 bits per heavy atom. The highest BCUT2D eigenvalue weighted by atomic mass is 35.5. The van der Waals surface area contributed by atoms with Gasteiger partial charge in [0.1, 0.15) is 0 Å². The van der Waals surface area contributed by atoms with E-state index in [0.29, 0.717) is 36.6 Å². The molecule has 132 valence electrons. The van der Waals surface area contributed by atoms with Crippen molar-refractivity contribution < 1.29 is 19.4 Å². The summed E-state index contributed by atoms with van der Waals surface area (Å²) in [5, 5.41) is 16.8. The standard InChI is InChI=1S/C17H18ClN3O4/c18-13-2-1-3-14(8-13)21-11-12(10-19-21)16(24)20-17(9-15(22)23)4-6-25-7-5-17/h1-3,8,10-11H,4-7,9H2,(H,20,24)(H,22,23). The summed E-state index contributed by atoms with van der Waals surface area (Å²) in [4.78, 5) is 23.8. The Morgan fingerprint density at radius 2 is 2.12 bits per heavy atom. The number of carboxylic acids is 1. The average Bonchev–Trinajstić information content (AvgIpc) is 3.05. The van der Waals surface area contributed by atoms with Gasteiger partial charge in [-0.25, -0.2) is 4.68 Å². The molecule has 2 heterocycles. The zero-order valence-corrected chi connectivity index (χ0v) is 14.2. The third kappa shape index (κ3) is 4.18. The van der Waals surface area contributed by atoms with Gasteiger partial charge in [0.15, 0.2) is 0 Å². The zero-order valence-electron chi connectivity index (χ0n) is 13.4. The van der Waals surface area contributed by atoms with E-state index < -0.39 is 11.5 Å². The molecule has 8 heteroatoms. The van der Waals surface area contributed by atoms with E-state index >= 15 is 0 Å². The number of nitrogens with zero attached hydrogens (tertiary/aromatic N) is 2. The van der Waals surface area contributed by atoms with Crippen molar-refractivity contribution in [2.24, 2.45) is 0 Å². The summed E-state index contributed by atoms with van der Waals surface area (Å²) in [6.07, 6.45) is 3.84. The van der Waals surface area contributed by atoms with Gasteiger partial charge in [0.2, 0.25) is 0 Å². The van der Waals surface area contributed by atoms with Crippen LogP contribution in [0.5, 0.6) is 0 Å². The smallest absolute Gasteiger partial charge is 0.305 e. The number of amides is 1. The molecule has 3 rings (SSSR count). The van der Waals surface area contributed by atoms with E-state index in [9.17, 15) is 14.7 Å². The van der Waals surface area contributed by atoms with E-state index in [2.05, 4.69) is 10.4 Å². The maximum Gasteiger partial charge on any atom is 0.305 e. The van der Waals surface area contributed by atoms with Crippen molar-refractivity contribution in [2.45, 2.75) is 24.8 Å². The molecule has 7 nitrogen and oxygen atoms in total. The Morgan fingerprint density at radius 1 is 1.36 bits per heavy atom. The van der Waals surface area contributed by atoms with Gasteiger partial charge >= 0.3 is 5.97 Å². The van der Waals surface area contributed by atoms with E-state index in [4.69, 9.17) is 16.3 Å². The molecule has 0 aliphatic carbocycles. The van der Waals surface area contributed by atoms with E-state index in [1.165, 1.54) is 6.20 Å². The highest BCUT2D eigenvalue weighted by Crippen LogP contribution is 2.25. The highest BCUT2D eigenvalue weighted by molar-refractivity contribution is 6.30. The normalized spacial score (nSPS) is 16.4. The van der Waals surface area contributed by atoms with Crippen LogP contribution in [-0.2, 0) is 9.53 Å². The van der Waals surface area contributed by atoms with E-state index in [1.807, 2.05) is 6.07 Å². The first-order chi connectivity index (χ1) is 12.0. The molecule has 1 amide bonds. The van der Waals surface area contributed by atoms with Gasteiger partial charge in [0, 0.05) is 24.4 Å². The van der Waals surface area contributed by atoms with Crippen molar-refractivity contribution >= 4 is 23.5 Å². The van der Waals surface area contributed by atoms with Crippen LogP contribution >= 0.6 is 11.6 Å². The van der Waals surface area contributed by atoms with Crippen molar-refractivity contribution in [3.05, 3.63) is 47.2 Å². The SMILES string of the molecule is O=C(O)CC1(NC(=O)c2cnn(-c3cccc(Cl)c3)c2)CCOCC1. The molecule has 25 heavy (non-hydrogen) atoms. The molecule has 1 aromatic carbocycles. The Bertz CT molecular complexity index is 784. The van der Waals surface area contributed by atoms with Crippen molar-refractivity contribution in [3.8, 4) is 5.69 Å². The van der Waals surface area contributed by atoms with Crippen LogP contribution in [0.15, 0.2) is 36.7 Å². The van der Waals surface area contributed by atoms with Crippen LogP contribution in [0.25, 0.3) is 5.69 Å². The largest absolute Gasteiger partial charge is 0.481 e. The first-order valence-electron chi connectivity index (χ1n) is 7.90. The zero-order chi connectivity index (χ0) is 17.9. The second-order valence-electron chi connectivity index (χ2n) is 6.07. The molecule has 1 fully saturated rings. The minimum atomic E-state index is -0.947. The molecule has 1 aromatic heterocycles. The lowest BCUT2D eigenvalue weighted by Gasteiger charge is -2.36. The third-order valence-electron chi connectivity index (χ3n) is 4.24. The summed E-state index contributed by atoms with van der Waals surface area (Å²) in [6, 6.07) is 7.11. The van der Waals surface area contributed by atoms with Crippen LogP contribution in [-0.4, -0.2) is 45.5 Å². The molecule has 2 N–H and O–H groups in total. The van der Waals surface area contributed by atoms with Crippen molar-refractivity contribution in [3.63, 3.8) is 0 Å². The van der Waals surface area contributed by atoms with Gasteiger partial charge in [0.25, 0.3) is 5.91 Å². The minimum Gasteiger partial charge on any atom is -0.481 e. The quantitative estimate of drug-likeness (QED) is 0.850. The van der Waals surface area contributed by atoms with Gasteiger partial charge in [0.05, 0.1) is 29.4 Å². The topological polar surface area (TPSA) is 93.5 Å². The molecule has 1 aliphatic heterocycles. The number of carbonyl (C=O) groups excluding carboxylic acids is 1. The minimum absolute atomic E-state index is 0.134. The number of hydrogen-bond acceptors (Lipinski definition) is 4. The lowest BCUT2D eigenvalue weighted by molar-refractivity contribution is -0.139. The molecule has 1 saturated heterocycles. The molecule has 0 saturated carbocycles. The fourth-order valence-electron chi connectivity index (χ4n) is 2.91. The fraction of sp³-hybridized carbons (Fsp3) is 0.353. The molecule has 0 atom stereocenters. The molecular formula is C17H18ClN3O4. The maximum atomic E-state index is 12.6. The summed E-state index contributed by atoms with van der Waals surface area (Å²) in [5.41, 5.74) is 0.299. The first kappa shape index (κ1) is 17.4. The van der Waals surface area contributed by atoms with E-state index in [0.717, 1.165) is 5.69 Å². The second-order valence-corrected chi connectivity index (χ2v) is 6.51. The number of nitrogens with one attached hydrogen (secondary N) is 1. The number of rotatable bonds is 5. The molecule has 0 spiro atoms. The molecule has 2 aromatic rings. The number of aliphatic carboxylic acids is 1. The number of ether oxygens (including phenoxy) is 1. The van der Waals surface area contributed by atoms with Crippen molar-refractivity contribution in [1.82, 2.24) is 15.1 Å². The number of carbonyl (C=O) groups is 2. The van der Waals surface area contributed by atoms with Crippen LogP contribution in [0.1, 0.15) is 29.6 Å². The monoisotopic (exact) mass is 363 g/mol. The lowest BCUT2D eigenvalue weighted by Crippen LogP contribution is -2.53. The Kier molecular flexibility index (Phi) is 5.06. The maximum absolute atomic E-state index is 12.6. The van der Waals surface area contributed by atoms with Gasteiger partial charge in [-0.05, 0) is 31.0 Å². The fourth-order valence-corrected chi connectivity index (χ4v) is 3.10. The summed E-state index contributed by atoms with van der Waals surface area (Å²) in [7, 11) is 0. The Hall–Kier alpha value is -2.38. The summed E-state index contributed by atoms with van der Waals surface area (Å²) < 4.78 is 6.84. The van der Waals surface area contributed by atoms with Gasteiger partial charge in [-0.3, -0.25) is 9.59 Å². The summed E-state index contributed by atoms with van der Waals surface area (Å²) in [5.74, 6) is -1.30. The Balaban J connectivity index is 1.77. The number of hydrogen-bond donors (Lipinski definition) is 2. The van der Waals surface area contributed by atoms with Crippen LogP contribution in [0, 0.1) is 0 Å². The molecule has 0 bridgehead atoms. The van der Waals surface area contributed by atoms with Crippen LogP contribution in [0.2, 0.25) is 5.02 Å². The predicted octanol–water partition coefficient (Wildman–Crippen LogP) is 2.28. The Labute approximate surface area is 149 Å². The number of benzene rings is 1. The lowest BCUT2D eigenvalue weighted by atomic mass is 9.86. The van der Waals surface area contributed by atoms with Gasteiger partial charge < -0.3 is 15.2 Å². The number of carboxylic acid groups (broad SMARTS) is 1. The first-order valence-corrected chi connectivity index (χ1v) is 8.28. The third-order valence-corrected chi connectivity index (χ3v) is 4.47. The van der Waals surface area contributed by atoms with E-state index in [1.54, 1.807) is 29.1 Å². The van der Waals surface area contributed by atoms with Gasteiger partial charge in [-0.15, -0.1) is 0 Å². The van der Waals surface area contributed by atoms with Crippen LogP contribution < -0.4 is 5.32 Å². The summed E-state index contributed by atoms with van der Waals surface area (Å²) in [6.45, 7) is 0.852. The highest BCUT2D eigenvalue weighted by Gasteiger charge is 2.36. The number of halogens is 1. The van der Waals surface area contributed by atoms with Crippen molar-refractivity contribution in [2.75, 3.05) is 13.2 Å². The van der Waals surface area contributed by atoms with E-state index in [-0.39, 0.29) is 12.3 Å². The van der Waals surface area contributed by atoms with Gasteiger partial charge in [-0.1, -0.05) is 17.7 Å². The molecule has 0 radical (unpaired) electrons. The summed E-state index contributed by atoms with van der Waals surface area (Å²) >= 11 is 5.97. The van der Waals surface area contributed by atoms with Crippen LogP contribution in [0.3, 0.4) is 0 Å². The van der Waals surface area contributed by atoms with Crippen molar-refractivity contribution in [1.29, 1.82) is 0 Å². The second kappa shape index (κ2) is 7.25. The molecular weight excluding hydrogens is 346 g/mol. The molecule has 1 aliphatic rings. The van der Waals surface area contributed by atoms with Gasteiger partial charge in [-0.2, -0.15) is 5.10 Å². The predicted molar refractivity (Wildman–Crippen MR) is 91.1 cm³/mol. The molecule has 0 unspecified atom stereocenters.